The molecule has 0 saturated carbocycles. The predicted octanol–water partition coefficient (Wildman–Crippen LogP) is 3.08. The minimum absolute atomic E-state index is 0.143. The van der Waals surface area contributed by atoms with E-state index in [1.807, 2.05) is 0 Å². The van der Waals surface area contributed by atoms with Crippen molar-refractivity contribution in [2.24, 2.45) is 0 Å². The average Bonchev–Trinajstić information content (AvgIpc) is 2.76. The van der Waals surface area contributed by atoms with Crippen molar-refractivity contribution < 1.29 is 8.91 Å². The summed E-state index contributed by atoms with van der Waals surface area (Å²) in [5, 5.41) is 7.39. The molecule has 2 heterocycles. The Bertz CT molecular complexity index is 530. The van der Waals surface area contributed by atoms with E-state index in [4.69, 9.17) is 4.52 Å². The summed E-state index contributed by atoms with van der Waals surface area (Å²) >= 11 is 0. The van der Waals surface area contributed by atoms with Crippen LogP contribution in [-0.4, -0.2) is 16.7 Å². The van der Waals surface area contributed by atoms with Gasteiger partial charge in [-0.15, -0.1) is 0 Å². The molecule has 2 aromatic rings. The third-order valence-corrected chi connectivity index (χ3v) is 3.40. The van der Waals surface area contributed by atoms with Gasteiger partial charge in [0.2, 0.25) is 11.7 Å². The van der Waals surface area contributed by atoms with E-state index >= 15 is 0 Å². The van der Waals surface area contributed by atoms with Gasteiger partial charge in [0.1, 0.15) is 5.82 Å². The molecule has 1 aromatic carbocycles. The maximum absolute atomic E-state index is 12.9. The van der Waals surface area contributed by atoms with Crippen molar-refractivity contribution in [1.82, 2.24) is 15.5 Å². The Morgan fingerprint density at radius 1 is 1.16 bits per heavy atom. The fraction of sp³-hybridized carbons (Fsp3) is 0.429. The van der Waals surface area contributed by atoms with Gasteiger partial charge in [0.15, 0.2) is 0 Å². The molecule has 1 N–H and O–H groups in total. The molecule has 19 heavy (non-hydrogen) atoms. The summed E-state index contributed by atoms with van der Waals surface area (Å²) in [6.07, 6.45) is 4.62. The van der Waals surface area contributed by atoms with Crippen LogP contribution in [0.1, 0.15) is 37.6 Å². The number of hydrogen-bond donors (Lipinski definition) is 1. The van der Waals surface area contributed by atoms with Gasteiger partial charge in [-0.2, -0.15) is 4.98 Å². The van der Waals surface area contributed by atoms with E-state index in [1.54, 1.807) is 12.1 Å². The Morgan fingerprint density at radius 3 is 2.84 bits per heavy atom. The highest BCUT2D eigenvalue weighted by molar-refractivity contribution is 5.53. The van der Waals surface area contributed by atoms with Crippen molar-refractivity contribution in [2.45, 2.75) is 31.7 Å². The van der Waals surface area contributed by atoms with Crippen molar-refractivity contribution in [3.8, 4) is 11.4 Å². The summed E-state index contributed by atoms with van der Waals surface area (Å²) < 4.78 is 18.2. The van der Waals surface area contributed by atoms with Gasteiger partial charge in [-0.25, -0.2) is 4.39 Å². The van der Waals surface area contributed by atoms with Crippen LogP contribution in [0.3, 0.4) is 0 Å². The first-order valence-electron chi connectivity index (χ1n) is 6.66. The maximum atomic E-state index is 12.9. The van der Waals surface area contributed by atoms with E-state index in [0.717, 1.165) is 18.5 Å². The molecule has 1 aliphatic rings. The van der Waals surface area contributed by atoms with Crippen LogP contribution in [0.4, 0.5) is 4.39 Å². The first-order valence-corrected chi connectivity index (χ1v) is 6.66. The number of hydrogen-bond acceptors (Lipinski definition) is 4. The molecule has 0 bridgehead atoms. The van der Waals surface area contributed by atoms with E-state index in [9.17, 15) is 4.39 Å². The zero-order chi connectivity index (χ0) is 13.1. The van der Waals surface area contributed by atoms with E-state index < -0.39 is 0 Å². The standard InChI is InChI=1S/C14H16FN3O/c15-11-7-5-10(6-8-11)13-17-14(19-18-13)12-4-2-1-3-9-16-12/h5-8,12,16H,1-4,9H2. The lowest BCUT2D eigenvalue weighted by molar-refractivity contribution is 0.327. The Balaban J connectivity index is 1.80. The quantitative estimate of drug-likeness (QED) is 0.902. The SMILES string of the molecule is Fc1ccc(-c2noc(C3CCCCCN3)n2)cc1. The number of nitrogens with zero attached hydrogens (tertiary/aromatic N) is 2. The van der Waals surface area contributed by atoms with Crippen LogP contribution in [-0.2, 0) is 0 Å². The molecule has 5 heteroatoms. The topological polar surface area (TPSA) is 51.0 Å². The molecule has 4 nitrogen and oxygen atoms in total. The van der Waals surface area contributed by atoms with Gasteiger partial charge in [0, 0.05) is 5.56 Å². The number of aromatic nitrogens is 2. The van der Waals surface area contributed by atoms with E-state index in [0.29, 0.717) is 11.7 Å². The predicted molar refractivity (Wildman–Crippen MR) is 68.9 cm³/mol. The molecular weight excluding hydrogens is 245 g/mol. The summed E-state index contributed by atoms with van der Waals surface area (Å²) in [5.41, 5.74) is 0.769. The van der Waals surface area contributed by atoms with Gasteiger partial charge in [-0.1, -0.05) is 18.0 Å². The lowest BCUT2D eigenvalue weighted by atomic mass is 10.1. The summed E-state index contributed by atoms with van der Waals surface area (Å²) in [6, 6.07) is 6.25. The Morgan fingerprint density at radius 2 is 2.00 bits per heavy atom. The highest BCUT2D eigenvalue weighted by Crippen LogP contribution is 2.24. The second-order valence-corrected chi connectivity index (χ2v) is 4.82. The molecule has 3 rings (SSSR count). The van der Waals surface area contributed by atoms with Gasteiger partial charge in [-0.05, 0) is 43.7 Å². The van der Waals surface area contributed by atoms with E-state index in [1.165, 1.54) is 31.4 Å². The van der Waals surface area contributed by atoms with E-state index in [-0.39, 0.29) is 11.9 Å². The zero-order valence-electron chi connectivity index (χ0n) is 10.6. The largest absolute Gasteiger partial charge is 0.337 e. The van der Waals surface area contributed by atoms with Crippen LogP contribution in [0.2, 0.25) is 0 Å². The molecule has 1 fully saturated rings. The molecule has 1 aliphatic heterocycles. The number of nitrogens with one attached hydrogen (secondary N) is 1. The number of benzene rings is 1. The Kier molecular flexibility index (Phi) is 3.55. The summed E-state index contributed by atoms with van der Waals surface area (Å²) in [6.45, 7) is 0.985. The van der Waals surface area contributed by atoms with Crippen molar-refractivity contribution in [2.75, 3.05) is 6.54 Å². The molecule has 1 aromatic heterocycles. The summed E-state index contributed by atoms with van der Waals surface area (Å²) in [7, 11) is 0. The molecule has 0 amide bonds. The van der Waals surface area contributed by atoms with Crippen LogP contribution < -0.4 is 5.32 Å². The highest BCUT2D eigenvalue weighted by Gasteiger charge is 2.20. The van der Waals surface area contributed by atoms with Crippen LogP contribution in [0.5, 0.6) is 0 Å². The summed E-state index contributed by atoms with van der Waals surface area (Å²) in [5.74, 6) is 0.875. The average molecular weight is 261 g/mol. The van der Waals surface area contributed by atoms with Crippen molar-refractivity contribution in [3.63, 3.8) is 0 Å². The molecule has 0 radical (unpaired) electrons. The van der Waals surface area contributed by atoms with Crippen LogP contribution in [0.25, 0.3) is 11.4 Å². The normalized spacial score (nSPS) is 20.2. The first-order chi connectivity index (χ1) is 9.33. The van der Waals surface area contributed by atoms with Gasteiger partial charge in [-0.3, -0.25) is 0 Å². The van der Waals surface area contributed by atoms with Crippen LogP contribution in [0, 0.1) is 5.82 Å². The minimum atomic E-state index is -0.266. The molecule has 0 aliphatic carbocycles. The van der Waals surface area contributed by atoms with Crippen molar-refractivity contribution in [1.29, 1.82) is 0 Å². The smallest absolute Gasteiger partial charge is 0.244 e. The monoisotopic (exact) mass is 261 g/mol. The van der Waals surface area contributed by atoms with Gasteiger partial charge in [0.05, 0.1) is 6.04 Å². The summed E-state index contributed by atoms with van der Waals surface area (Å²) in [4.78, 5) is 4.41. The molecule has 1 atom stereocenters. The fourth-order valence-corrected chi connectivity index (χ4v) is 2.33. The first kappa shape index (κ1) is 12.3. The lowest BCUT2D eigenvalue weighted by Gasteiger charge is -2.09. The molecule has 1 saturated heterocycles. The highest BCUT2D eigenvalue weighted by atomic mass is 19.1. The fourth-order valence-electron chi connectivity index (χ4n) is 2.33. The number of halogens is 1. The van der Waals surface area contributed by atoms with Crippen LogP contribution >= 0.6 is 0 Å². The Hall–Kier alpha value is -1.75. The third kappa shape index (κ3) is 2.81. The van der Waals surface area contributed by atoms with E-state index in [2.05, 4.69) is 15.5 Å². The molecule has 0 spiro atoms. The second-order valence-electron chi connectivity index (χ2n) is 4.82. The molecule has 1 unspecified atom stereocenters. The van der Waals surface area contributed by atoms with Gasteiger partial charge >= 0.3 is 0 Å². The number of rotatable bonds is 2. The third-order valence-electron chi connectivity index (χ3n) is 3.40. The van der Waals surface area contributed by atoms with Crippen molar-refractivity contribution >= 4 is 0 Å². The maximum Gasteiger partial charge on any atom is 0.244 e. The van der Waals surface area contributed by atoms with Crippen LogP contribution in [0.15, 0.2) is 28.8 Å². The second kappa shape index (κ2) is 5.48. The molecule has 100 valence electrons. The lowest BCUT2D eigenvalue weighted by Crippen LogP contribution is -2.20. The Labute approximate surface area is 111 Å². The van der Waals surface area contributed by atoms with Gasteiger partial charge in [0.25, 0.3) is 0 Å². The zero-order valence-corrected chi connectivity index (χ0v) is 10.6. The molecular formula is C14H16FN3O. The minimum Gasteiger partial charge on any atom is -0.337 e. The van der Waals surface area contributed by atoms with Crippen molar-refractivity contribution in [3.05, 3.63) is 36.0 Å². The van der Waals surface area contributed by atoms with Gasteiger partial charge < -0.3 is 9.84 Å².